The average Bonchev–Trinajstić information content (AvgIpc) is 2.81. The number of carbonyl (C=O) groups excluding carboxylic acids is 1. The molecule has 3 aromatic rings. The Labute approximate surface area is 174 Å². The second-order valence-electron chi connectivity index (χ2n) is 6.15. The fourth-order valence-electron chi connectivity index (χ4n) is 2.55. The van der Waals surface area contributed by atoms with Crippen LogP contribution in [0.25, 0.3) is 11.3 Å². The van der Waals surface area contributed by atoms with E-state index >= 15 is 0 Å². The van der Waals surface area contributed by atoms with Crippen molar-refractivity contribution in [3.63, 3.8) is 0 Å². The molecule has 0 atom stereocenters. The number of amides is 1. The van der Waals surface area contributed by atoms with E-state index in [0.717, 1.165) is 17.0 Å². The molecule has 0 unspecified atom stereocenters. The summed E-state index contributed by atoms with van der Waals surface area (Å²) in [4.78, 5) is 11.9. The minimum Gasteiger partial charge on any atom is -0.497 e. The van der Waals surface area contributed by atoms with Gasteiger partial charge in [0.15, 0.2) is 6.61 Å². The van der Waals surface area contributed by atoms with Gasteiger partial charge in [-0.25, -0.2) is 0 Å². The van der Waals surface area contributed by atoms with E-state index in [1.165, 1.54) is 0 Å². The van der Waals surface area contributed by atoms with Crippen molar-refractivity contribution in [3.05, 3.63) is 60.7 Å². The van der Waals surface area contributed by atoms with Crippen molar-refractivity contribution in [2.24, 2.45) is 0 Å². The predicted octanol–water partition coefficient (Wildman–Crippen LogP) is 2.73. The predicted molar refractivity (Wildman–Crippen MR) is 111 cm³/mol. The maximum Gasteiger partial charge on any atom is 0.258 e. The first-order valence-corrected chi connectivity index (χ1v) is 9.32. The molecule has 1 heterocycles. The van der Waals surface area contributed by atoms with E-state index in [4.69, 9.17) is 18.9 Å². The van der Waals surface area contributed by atoms with Gasteiger partial charge < -0.3 is 24.3 Å². The molecule has 3 rings (SSSR count). The van der Waals surface area contributed by atoms with Crippen LogP contribution >= 0.6 is 0 Å². The molecule has 0 fully saturated rings. The lowest BCUT2D eigenvalue weighted by Gasteiger charge is -2.09. The van der Waals surface area contributed by atoms with E-state index < -0.39 is 0 Å². The molecule has 1 aromatic heterocycles. The van der Waals surface area contributed by atoms with E-state index in [9.17, 15) is 4.79 Å². The molecular weight excluding hydrogens is 386 g/mol. The Bertz CT molecular complexity index is 946. The van der Waals surface area contributed by atoms with Gasteiger partial charge in [-0.1, -0.05) is 6.07 Å². The first-order chi connectivity index (χ1) is 14.7. The smallest absolute Gasteiger partial charge is 0.258 e. The minimum absolute atomic E-state index is 0.0937. The van der Waals surface area contributed by atoms with E-state index in [-0.39, 0.29) is 19.1 Å². The average molecular weight is 409 g/mol. The Morgan fingerprint density at radius 1 is 0.867 bits per heavy atom. The van der Waals surface area contributed by atoms with E-state index in [0.29, 0.717) is 23.9 Å². The summed E-state index contributed by atoms with van der Waals surface area (Å²) in [5, 5.41) is 10.9. The van der Waals surface area contributed by atoms with Crippen LogP contribution in [0.2, 0.25) is 0 Å². The summed E-state index contributed by atoms with van der Waals surface area (Å²) in [5.41, 5.74) is 1.66. The van der Waals surface area contributed by atoms with Gasteiger partial charge in [0.2, 0.25) is 5.88 Å². The topological polar surface area (TPSA) is 91.8 Å². The lowest BCUT2D eigenvalue weighted by atomic mass is 10.1. The van der Waals surface area contributed by atoms with Crippen LogP contribution in [0, 0.1) is 0 Å². The van der Waals surface area contributed by atoms with Crippen LogP contribution in [0.3, 0.4) is 0 Å². The van der Waals surface area contributed by atoms with Crippen molar-refractivity contribution >= 4 is 5.91 Å². The summed E-state index contributed by atoms with van der Waals surface area (Å²) in [6, 6.07) is 18.2. The van der Waals surface area contributed by atoms with Crippen molar-refractivity contribution < 1.29 is 23.7 Å². The summed E-state index contributed by atoms with van der Waals surface area (Å²) in [6.45, 7) is 0.493. The Morgan fingerprint density at radius 3 is 2.33 bits per heavy atom. The largest absolute Gasteiger partial charge is 0.497 e. The number of nitrogens with one attached hydrogen (secondary N) is 1. The van der Waals surface area contributed by atoms with Crippen LogP contribution in [-0.4, -0.2) is 50.1 Å². The molecule has 0 bridgehead atoms. The highest BCUT2D eigenvalue weighted by Gasteiger charge is 2.05. The van der Waals surface area contributed by atoms with Gasteiger partial charge in [-0.15, -0.1) is 10.2 Å². The number of aromatic nitrogens is 2. The molecule has 0 radical (unpaired) electrons. The Morgan fingerprint density at radius 2 is 1.63 bits per heavy atom. The van der Waals surface area contributed by atoms with E-state index in [1.807, 2.05) is 30.3 Å². The Kier molecular flexibility index (Phi) is 7.43. The molecule has 0 saturated carbocycles. The summed E-state index contributed by atoms with van der Waals surface area (Å²) >= 11 is 0. The van der Waals surface area contributed by atoms with Crippen molar-refractivity contribution in [3.8, 4) is 34.4 Å². The van der Waals surface area contributed by atoms with Gasteiger partial charge in [0.1, 0.15) is 23.9 Å². The lowest BCUT2D eigenvalue weighted by molar-refractivity contribution is -0.123. The van der Waals surface area contributed by atoms with Crippen molar-refractivity contribution in [1.29, 1.82) is 0 Å². The summed E-state index contributed by atoms with van der Waals surface area (Å²) in [6.07, 6.45) is 0. The molecule has 0 spiro atoms. The Hall–Kier alpha value is -3.81. The number of ether oxygens (including phenoxy) is 4. The van der Waals surface area contributed by atoms with Crippen molar-refractivity contribution in [2.75, 3.05) is 34.0 Å². The van der Waals surface area contributed by atoms with Gasteiger partial charge >= 0.3 is 0 Å². The number of nitrogens with zero attached hydrogens (tertiary/aromatic N) is 2. The van der Waals surface area contributed by atoms with E-state index in [2.05, 4.69) is 15.5 Å². The number of hydrogen-bond acceptors (Lipinski definition) is 7. The molecule has 0 aliphatic carbocycles. The first-order valence-electron chi connectivity index (χ1n) is 9.32. The van der Waals surface area contributed by atoms with Crippen LogP contribution in [0.1, 0.15) is 0 Å². The fraction of sp³-hybridized carbons (Fsp3) is 0.227. The lowest BCUT2D eigenvalue weighted by Crippen LogP contribution is -2.32. The maximum absolute atomic E-state index is 11.9. The molecule has 8 heteroatoms. The summed E-state index contributed by atoms with van der Waals surface area (Å²) < 4.78 is 21.2. The molecule has 0 aliphatic heterocycles. The quantitative estimate of drug-likeness (QED) is 0.515. The van der Waals surface area contributed by atoms with Crippen molar-refractivity contribution in [1.82, 2.24) is 15.5 Å². The number of rotatable bonds is 10. The van der Waals surface area contributed by atoms with Gasteiger partial charge in [-0.05, 0) is 42.5 Å². The zero-order valence-corrected chi connectivity index (χ0v) is 16.8. The maximum atomic E-state index is 11.9. The summed E-state index contributed by atoms with van der Waals surface area (Å²) in [5.74, 6) is 2.15. The summed E-state index contributed by atoms with van der Waals surface area (Å²) in [7, 11) is 3.19. The zero-order chi connectivity index (χ0) is 21.2. The van der Waals surface area contributed by atoms with Crippen LogP contribution in [0.5, 0.6) is 23.1 Å². The number of carbonyl (C=O) groups is 1. The van der Waals surface area contributed by atoms with Crippen LogP contribution in [0.15, 0.2) is 60.7 Å². The van der Waals surface area contributed by atoms with Gasteiger partial charge in [0, 0.05) is 17.7 Å². The van der Waals surface area contributed by atoms with Crippen LogP contribution < -0.4 is 24.3 Å². The first kappa shape index (κ1) is 20.9. The minimum atomic E-state index is -0.248. The standard InChI is InChI=1S/C22H23N3O5/c1-27-17-8-6-16(7-9-17)20-10-11-22(25-24-20)29-13-12-23-21(26)15-30-19-5-3-4-18(14-19)28-2/h3-11,14H,12-13,15H2,1-2H3,(H,23,26). The molecule has 0 aliphatic rings. The van der Waals surface area contributed by atoms with Crippen LogP contribution in [-0.2, 0) is 4.79 Å². The number of hydrogen-bond donors (Lipinski definition) is 1. The SMILES string of the molecule is COc1ccc(-c2ccc(OCCNC(=O)COc3cccc(OC)c3)nn2)cc1. The third-order valence-electron chi connectivity index (χ3n) is 4.11. The second-order valence-corrected chi connectivity index (χ2v) is 6.15. The van der Waals surface area contributed by atoms with Gasteiger partial charge in [-0.3, -0.25) is 4.79 Å². The zero-order valence-electron chi connectivity index (χ0n) is 16.8. The molecule has 8 nitrogen and oxygen atoms in total. The Balaban J connectivity index is 1.38. The monoisotopic (exact) mass is 409 g/mol. The van der Waals surface area contributed by atoms with Crippen LogP contribution in [0.4, 0.5) is 0 Å². The number of benzene rings is 2. The highest BCUT2D eigenvalue weighted by atomic mass is 16.5. The molecule has 1 N–H and O–H groups in total. The highest BCUT2D eigenvalue weighted by Crippen LogP contribution is 2.21. The molecule has 2 aromatic carbocycles. The van der Waals surface area contributed by atoms with Gasteiger partial charge in [-0.2, -0.15) is 0 Å². The molecular formula is C22H23N3O5. The second kappa shape index (κ2) is 10.7. The van der Waals surface area contributed by atoms with Crippen molar-refractivity contribution in [2.45, 2.75) is 0 Å². The van der Waals surface area contributed by atoms with Gasteiger partial charge in [0.05, 0.1) is 26.5 Å². The third-order valence-corrected chi connectivity index (χ3v) is 4.11. The van der Waals surface area contributed by atoms with Gasteiger partial charge in [0.25, 0.3) is 5.91 Å². The number of methoxy groups -OCH3 is 2. The highest BCUT2D eigenvalue weighted by molar-refractivity contribution is 5.77. The molecule has 156 valence electrons. The fourth-order valence-corrected chi connectivity index (χ4v) is 2.55. The normalized spacial score (nSPS) is 10.2. The molecule has 30 heavy (non-hydrogen) atoms. The third kappa shape index (κ3) is 6.10. The van der Waals surface area contributed by atoms with E-state index in [1.54, 1.807) is 44.6 Å². The molecule has 1 amide bonds. The molecule has 0 saturated heterocycles.